The lowest BCUT2D eigenvalue weighted by Gasteiger charge is -2.27. The Kier molecular flexibility index (Phi) is 5.49. The molecule has 1 aliphatic carbocycles. The SMILES string of the molecule is OC1CCCCC1CNCc1cc(Br)ccc1Cl. The molecule has 0 radical (unpaired) electrons. The summed E-state index contributed by atoms with van der Waals surface area (Å²) in [5.74, 6) is 0.393. The van der Waals surface area contributed by atoms with E-state index < -0.39 is 0 Å². The van der Waals surface area contributed by atoms with Gasteiger partial charge in [0, 0.05) is 22.6 Å². The van der Waals surface area contributed by atoms with Crippen LogP contribution in [0.2, 0.25) is 5.02 Å². The molecule has 18 heavy (non-hydrogen) atoms. The molecule has 0 heterocycles. The second-order valence-corrected chi connectivity index (χ2v) is 6.30. The Bertz CT molecular complexity index is 399. The number of benzene rings is 1. The van der Waals surface area contributed by atoms with Crippen LogP contribution < -0.4 is 5.32 Å². The lowest BCUT2D eigenvalue weighted by molar-refractivity contribution is 0.0695. The Morgan fingerprint density at radius 2 is 2.11 bits per heavy atom. The van der Waals surface area contributed by atoms with Crippen molar-refractivity contribution < 1.29 is 5.11 Å². The average Bonchev–Trinajstić information content (AvgIpc) is 2.36. The predicted octanol–water partition coefficient (Wildman–Crippen LogP) is 3.74. The van der Waals surface area contributed by atoms with Crippen molar-refractivity contribution in [2.75, 3.05) is 6.54 Å². The van der Waals surface area contributed by atoms with Gasteiger partial charge in [-0.1, -0.05) is 40.4 Å². The quantitative estimate of drug-likeness (QED) is 0.880. The number of nitrogens with one attached hydrogen (secondary N) is 1. The minimum atomic E-state index is -0.135. The van der Waals surface area contributed by atoms with Crippen LogP contribution in [0, 0.1) is 5.92 Å². The number of aliphatic hydroxyl groups is 1. The summed E-state index contributed by atoms with van der Waals surface area (Å²) in [5.41, 5.74) is 1.09. The molecule has 0 spiro atoms. The zero-order valence-corrected chi connectivity index (χ0v) is 12.7. The number of aliphatic hydroxyl groups excluding tert-OH is 1. The Morgan fingerprint density at radius 1 is 1.33 bits per heavy atom. The van der Waals surface area contributed by atoms with Crippen LogP contribution in [-0.2, 0) is 6.54 Å². The molecular formula is C14H19BrClNO. The van der Waals surface area contributed by atoms with Crippen molar-refractivity contribution in [3.8, 4) is 0 Å². The molecule has 0 saturated heterocycles. The summed E-state index contributed by atoms with van der Waals surface area (Å²) >= 11 is 9.58. The number of hydrogen-bond acceptors (Lipinski definition) is 2. The highest BCUT2D eigenvalue weighted by molar-refractivity contribution is 9.10. The van der Waals surface area contributed by atoms with Gasteiger partial charge in [0.2, 0.25) is 0 Å². The molecule has 1 saturated carbocycles. The standard InChI is InChI=1S/C14H19BrClNO/c15-12-5-6-13(16)11(7-12)9-17-8-10-3-1-2-4-14(10)18/h5-7,10,14,17-18H,1-4,8-9H2. The predicted molar refractivity (Wildman–Crippen MR) is 78.8 cm³/mol. The van der Waals surface area contributed by atoms with Gasteiger partial charge in [0.1, 0.15) is 0 Å². The molecule has 2 atom stereocenters. The maximum absolute atomic E-state index is 9.89. The minimum absolute atomic E-state index is 0.135. The summed E-state index contributed by atoms with van der Waals surface area (Å²) in [4.78, 5) is 0. The minimum Gasteiger partial charge on any atom is -0.393 e. The van der Waals surface area contributed by atoms with Crippen LogP contribution in [-0.4, -0.2) is 17.8 Å². The van der Waals surface area contributed by atoms with Gasteiger partial charge in [0.05, 0.1) is 6.10 Å². The smallest absolute Gasteiger partial charge is 0.0580 e. The highest BCUT2D eigenvalue weighted by atomic mass is 79.9. The van der Waals surface area contributed by atoms with Crippen molar-refractivity contribution in [1.29, 1.82) is 0 Å². The van der Waals surface area contributed by atoms with Gasteiger partial charge in [-0.15, -0.1) is 0 Å². The first-order chi connectivity index (χ1) is 8.66. The van der Waals surface area contributed by atoms with Gasteiger partial charge >= 0.3 is 0 Å². The van der Waals surface area contributed by atoms with E-state index in [0.717, 1.165) is 47.4 Å². The summed E-state index contributed by atoms with van der Waals surface area (Å²) in [7, 11) is 0. The third kappa shape index (κ3) is 3.95. The molecule has 4 heteroatoms. The Labute approximate surface area is 122 Å². The number of hydrogen-bond donors (Lipinski definition) is 2. The molecule has 1 aliphatic rings. The fourth-order valence-corrected chi connectivity index (χ4v) is 3.09. The number of halogens is 2. The lowest BCUT2D eigenvalue weighted by atomic mass is 9.86. The van der Waals surface area contributed by atoms with Crippen molar-refractivity contribution in [1.82, 2.24) is 5.32 Å². The van der Waals surface area contributed by atoms with E-state index in [4.69, 9.17) is 11.6 Å². The van der Waals surface area contributed by atoms with Gasteiger partial charge < -0.3 is 10.4 Å². The summed E-state index contributed by atoms with van der Waals surface area (Å²) in [6.07, 6.45) is 4.34. The average molecular weight is 333 g/mol. The third-order valence-electron chi connectivity index (χ3n) is 3.60. The van der Waals surface area contributed by atoms with E-state index in [-0.39, 0.29) is 6.10 Å². The summed E-state index contributed by atoms with van der Waals surface area (Å²) < 4.78 is 1.04. The summed E-state index contributed by atoms with van der Waals surface area (Å²) in [6.45, 7) is 1.62. The van der Waals surface area contributed by atoms with Gasteiger partial charge in [0.25, 0.3) is 0 Å². The van der Waals surface area contributed by atoms with Crippen molar-refractivity contribution in [2.45, 2.75) is 38.3 Å². The zero-order valence-electron chi connectivity index (χ0n) is 10.3. The molecule has 0 bridgehead atoms. The fourth-order valence-electron chi connectivity index (χ4n) is 2.50. The van der Waals surface area contributed by atoms with E-state index in [2.05, 4.69) is 21.2 Å². The largest absolute Gasteiger partial charge is 0.393 e. The maximum Gasteiger partial charge on any atom is 0.0580 e. The molecule has 2 N–H and O–H groups in total. The van der Waals surface area contributed by atoms with E-state index in [1.54, 1.807) is 0 Å². The molecule has 2 nitrogen and oxygen atoms in total. The zero-order chi connectivity index (χ0) is 13.0. The number of rotatable bonds is 4. The second-order valence-electron chi connectivity index (χ2n) is 4.98. The van der Waals surface area contributed by atoms with E-state index in [1.165, 1.54) is 6.42 Å². The van der Waals surface area contributed by atoms with Crippen LogP contribution in [0.3, 0.4) is 0 Å². The van der Waals surface area contributed by atoms with Gasteiger partial charge in [-0.2, -0.15) is 0 Å². The molecule has 1 fully saturated rings. The van der Waals surface area contributed by atoms with Gasteiger partial charge in [-0.25, -0.2) is 0 Å². The highest BCUT2D eigenvalue weighted by Crippen LogP contribution is 2.24. The van der Waals surface area contributed by atoms with E-state index in [0.29, 0.717) is 5.92 Å². The van der Waals surface area contributed by atoms with Crippen LogP contribution in [0.25, 0.3) is 0 Å². The first kappa shape index (κ1) is 14.3. The summed E-state index contributed by atoms with van der Waals surface area (Å²) in [6, 6.07) is 5.88. The molecular weight excluding hydrogens is 314 g/mol. The van der Waals surface area contributed by atoms with E-state index >= 15 is 0 Å². The van der Waals surface area contributed by atoms with Crippen LogP contribution >= 0.6 is 27.5 Å². The first-order valence-corrected chi connectivity index (χ1v) is 7.66. The monoisotopic (exact) mass is 331 g/mol. The Hall–Kier alpha value is -0.0900. The third-order valence-corrected chi connectivity index (χ3v) is 4.46. The first-order valence-electron chi connectivity index (χ1n) is 6.49. The van der Waals surface area contributed by atoms with Gasteiger partial charge in [-0.05, 0) is 42.5 Å². The Morgan fingerprint density at radius 3 is 2.89 bits per heavy atom. The molecule has 2 rings (SSSR count). The van der Waals surface area contributed by atoms with Crippen LogP contribution in [0.5, 0.6) is 0 Å². The van der Waals surface area contributed by atoms with Crippen molar-refractivity contribution in [2.24, 2.45) is 5.92 Å². The summed E-state index contributed by atoms with van der Waals surface area (Å²) in [5, 5.41) is 14.1. The van der Waals surface area contributed by atoms with Crippen molar-refractivity contribution in [3.05, 3.63) is 33.3 Å². The molecule has 1 aromatic carbocycles. The fraction of sp³-hybridized carbons (Fsp3) is 0.571. The highest BCUT2D eigenvalue weighted by Gasteiger charge is 2.22. The van der Waals surface area contributed by atoms with E-state index in [1.807, 2.05) is 18.2 Å². The van der Waals surface area contributed by atoms with Gasteiger partial charge in [0.15, 0.2) is 0 Å². The van der Waals surface area contributed by atoms with Crippen LogP contribution in [0.4, 0.5) is 0 Å². The van der Waals surface area contributed by atoms with E-state index in [9.17, 15) is 5.11 Å². The van der Waals surface area contributed by atoms with Crippen LogP contribution in [0.1, 0.15) is 31.2 Å². The molecule has 0 amide bonds. The Balaban J connectivity index is 1.82. The molecule has 2 unspecified atom stereocenters. The van der Waals surface area contributed by atoms with Gasteiger partial charge in [-0.3, -0.25) is 0 Å². The normalized spacial score (nSPS) is 24.2. The van der Waals surface area contributed by atoms with Crippen molar-refractivity contribution >= 4 is 27.5 Å². The lowest BCUT2D eigenvalue weighted by Crippen LogP contribution is -2.33. The van der Waals surface area contributed by atoms with Crippen LogP contribution in [0.15, 0.2) is 22.7 Å². The molecule has 0 aromatic heterocycles. The topological polar surface area (TPSA) is 32.3 Å². The maximum atomic E-state index is 9.89. The molecule has 1 aromatic rings. The van der Waals surface area contributed by atoms with Crippen molar-refractivity contribution in [3.63, 3.8) is 0 Å². The molecule has 0 aliphatic heterocycles. The molecule has 100 valence electrons. The second kappa shape index (κ2) is 6.90.